The van der Waals surface area contributed by atoms with Crippen LogP contribution in [0.5, 0.6) is 0 Å². The molecule has 0 amide bonds. The van der Waals surface area contributed by atoms with E-state index >= 15 is 0 Å². The Labute approximate surface area is 131 Å². The maximum absolute atomic E-state index is 10.2. The summed E-state index contributed by atoms with van der Waals surface area (Å²) in [5.41, 5.74) is 1.30. The van der Waals surface area contributed by atoms with E-state index in [0.717, 1.165) is 32.5 Å². The van der Waals surface area contributed by atoms with Crippen LogP contribution in [0.4, 0.5) is 0 Å². The summed E-state index contributed by atoms with van der Waals surface area (Å²) in [7, 11) is 0. The third-order valence-corrected chi connectivity index (χ3v) is 4.30. The lowest BCUT2D eigenvalue weighted by molar-refractivity contribution is -0.0171. The Morgan fingerprint density at radius 1 is 1.52 bits per heavy atom. The van der Waals surface area contributed by atoms with Crippen molar-refractivity contribution in [2.75, 3.05) is 26.3 Å². The second-order valence-electron chi connectivity index (χ2n) is 6.00. The van der Waals surface area contributed by atoms with E-state index in [1.165, 1.54) is 5.56 Å². The zero-order chi connectivity index (χ0) is 15.1. The summed E-state index contributed by atoms with van der Waals surface area (Å²) in [6.07, 6.45) is 2.28. The van der Waals surface area contributed by atoms with Gasteiger partial charge < -0.3 is 14.6 Å². The molecule has 2 atom stereocenters. The van der Waals surface area contributed by atoms with Gasteiger partial charge in [-0.15, -0.1) is 0 Å². The molecule has 4 nitrogen and oxygen atoms in total. The van der Waals surface area contributed by atoms with Gasteiger partial charge in [-0.25, -0.2) is 0 Å². The molecule has 0 bridgehead atoms. The van der Waals surface area contributed by atoms with Gasteiger partial charge in [-0.3, -0.25) is 4.90 Å². The predicted molar refractivity (Wildman–Crippen MR) is 85.7 cm³/mol. The molecule has 1 aliphatic heterocycles. The zero-order valence-corrected chi connectivity index (χ0v) is 13.8. The Balaban J connectivity index is 1.84. The second-order valence-corrected chi connectivity index (χ2v) is 6.78. The summed E-state index contributed by atoms with van der Waals surface area (Å²) >= 11 is 1.71. The third-order valence-electron chi connectivity index (χ3n) is 3.56. The normalized spacial score (nSPS) is 20.5. The van der Waals surface area contributed by atoms with Gasteiger partial charge in [-0.2, -0.15) is 11.3 Å². The summed E-state index contributed by atoms with van der Waals surface area (Å²) in [5, 5.41) is 14.4. The summed E-state index contributed by atoms with van der Waals surface area (Å²) in [5.74, 6) is 0. The third kappa shape index (κ3) is 6.45. The molecule has 0 saturated carbocycles. The molecule has 0 spiro atoms. The minimum atomic E-state index is -0.451. The van der Waals surface area contributed by atoms with Gasteiger partial charge in [-0.1, -0.05) is 0 Å². The van der Waals surface area contributed by atoms with Crippen molar-refractivity contribution in [3.05, 3.63) is 22.4 Å². The molecule has 0 aromatic carbocycles. The van der Waals surface area contributed by atoms with Gasteiger partial charge in [0, 0.05) is 26.2 Å². The zero-order valence-electron chi connectivity index (χ0n) is 13.0. The van der Waals surface area contributed by atoms with Gasteiger partial charge in [0.2, 0.25) is 0 Å². The molecular weight excluding hydrogens is 286 g/mol. The summed E-state index contributed by atoms with van der Waals surface area (Å²) in [6, 6.07) is 2.14. The van der Waals surface area contributed by atoms with E-state index in [2.05, 4.69) is 21.7 Å². The maximum atomic E-state index is 10.2. The van der Waals surface area contributed by atoms with Crippen molar-refractivity contribution in [1.82, 2.24) is 4.90 Å². The Kier molecular flexibility index (Phi) is 7.13. The number of nitrogens with zero attached hydrogens (tertiary/aromatic N) is 1. The van der Waals surface area contributed by atoms with Crippen LogP contribution in [-0.2, 0) is 16.0 Å². The largest absolute Gasteiger partial charge is 0.389 e. The van der Waals surface area contributed by atoms with E-state index in [4.69, 9.17) is 9.47 Å². The van der Waals surface area contributed by atoms with Crippen LogP contribution in [0.3, 0.4) is 0 Å². The molecular formula is C16H27NO3S. The first kappa shape index (κ1) is 16.9. The molecule has 1 aromatic rings. The van der Waals surface area contributed by atoms with E-state index < -0.39 is 6.10 Å². The van der Waals surface area contributed by atoms with Crippen LogP contribution in [-0.4, -0.2) is 54.6 Å². The van der Waals surface area contributed by atoms with Crippen LogP contribution >= 0.6 is 11.3 Å². The summed E-state index contributed by atoms with van der Waals surface area (Å²) in [6.45, 7) is 7.61. The first-order chi connectivity index (χ1) is 10.1. The number of aliphatic hydroxyl groups is 1. The smallest absolute Gasteiger partial charge is 0.0900 e. The molecule has 0 radical (unpaired) electrons. The number of aliphatic hydroxyl groups excluding tert-OH is 1. The van der Waals surface area contributed by atoms with E-state index in [1.807, 2.05) is 13.8 Å². The van der Waals surface area contributed by atoms with Crippen molar-refractivity contribution in [3.8, 4) is 0 Å². The quantitative estimate of drug-likeness (QED) is 0.761. The number of rotatable bonds is 9. The first-order valence-corrected chi connectivity index (χ1v) is 8.72. The van der Waals surface area contributed by atoms with E-state index in [1.54, 1.807) is 11.3 Å². The SMILES string of the molecule is CC(C)OC[C@H](O)CN(Cc1ccsc1)C[C@@H]1CCCO1. The fourth-order valence-electron chi connectivity index (χ4n) is 2.58. The van der Waals surface area contributed by atoms with Crippen LogP contribution in [0.25, 0.3) is 0 Å². The molecule has 1 saturated heterocycles. The predicted octanol–water partition coefficient (Wildman–Crippen LogP) is 2.52. The minimum Gasteiger partial charge on any atom is -0.389 e. The molecule has 120 valence electrons. The van der Waals surface area contributed by atoms with E-state index in [0.29, 0.717) is 19.3 Å². The van der Waals surface area contributed by atoms with Gasteiger partial charge in [0.15, 0.2) is 0 Å². The van der Waals surface area contributed by atoms with Crippen molar-refractivity contribution >= 4 is 11.3 Å². The number of thiophene rings is 1. The van der Waals surface area contributed by atoms with Gasteiger partial charge in [0.1, 0.15) is 0 Å². The molecule has 1 aliphatic rings. The minimum absolute atomic E-state index is 0.156. The fraction of sp³-hybridized carbons (Fsp3) is 0.750. The average Bonchev–Trinajstić information content (AvgIpc) is 3.10. The highest BCUT2D eigenvalue weighted by Crippen LogP contribution is 2.16. The molecule has 1 fully saturated rings. The Morgan fingerprint density at radius 3 is 3.00 bits per heavy atom. The molecule has 1 N–H and O–H groups in total. The fourth-order valence-corrected chi connectivity index (χ4v) is 3.23. The Morgan fingerprint density at radius 2 is 2.38 bits per heavy atom. The van der Waals surface area contributed by atoms with Crippen molar-refractivity contribution < 1.29 is 14.6 Å². The second kappa shape index (κ2) is 8.86. The number of ether oxygens (including phenoxy) is 2. The maximum Gasteiger partial charge on any atom is 0.0900 e. The lowest BCUT2D eigenvalue weighted by atomic mass is 10.2. The molecule has 2 heterocycles. The number of hydrogen-bond acceptors (Lipinski definition) is 5. The lowest BCUT2D eigenvalue weighted by Crippen LogP contribution is -2.39. The summed E-state index contributed by atoms with van der Waals surface area (Å²) < 4.78 is 11.2. The van der Waals surface area contributed by atoms with Crippen molar-refractivity contribution in [2.24, 2.45) is 0 Å². The van der Waals surface area contributed by atoms with Gasteiger partial charge >= 0.3 is 0 Å². The van der Waals surface area contributed by atoms with Crippen molar-refractivity contribution in [1.29, 1.82) is 0 Å². The van der Waals surface area contributed by atoms with E-state index in [-0.39, 0.29) is 6.10 Å². The topological polar surface area (TPSA) is 41.9 Å². The van der Waals surface area contributed by atoms with Crippen LogP contribution in [0.15, 0.2) is 16.8 Å². The lowest BCUT2D eigenvalue weighted by Gasteiger charge is -2.27. The Hall–Kier alpha value is -0.460. The van der Waals surface area contributed by atoms with Crippen LogP contribution in [0.2, 0.25) is 0 Å². The highest BCUT2D eigenvalue weighted by atomic mass is 32.1. The number of hydrogen-bond donors (Lipinski definition) is 1. The highest BCUT2D eigenvalue weighted by molar-refractivity contribution is 7.07. The molecule has 2 rings (SSSR count). The van der Waals surface area contributed by atoms with E-state index in [9.17, 15) is 5.11 Å². The van der Waals surface area contributed by atoms with Crippen LogP contribution < -0.4 is 0 Å². The first-order valence-electron chi connectivity index (χ1n) is 7.78. The van der Waals surface area contributed by atoms with Crippen LogP contribution in [0, 0.1) is 0 Å². The molecule has 1 aromatic heterocycles. The highest BCUT2D eigenvalue weighted by Gasteiger charge is 2.21. The standard InChI is InChI=1S/C16H27NO3S/c1-13(2)20-11-15(18)9-17(8-14-5-7-21-12-14)10-16-4-3-6-19-16/h5,7,12-13,15-16,18H,3-4,6,8-11H2,1-2H3/t15-,16+/m1/s1. The summed E-state index contributed by atoms with van der Waals surface area (Å²) in [4.78, 5) is 2.28. The van der Waals surface area contributed by atoms with Gasteiger partial charge in [0.05, 0.1) is 24.9 Å². The molecule has 0 aliphatic carbocycles. The monoisotopic (exact) mass is 313 g/mol. The van der Waals surface area contributed by atoms with Gasteiger partial charge in [0.25, 0.3) is 0 Å². The molecule has 21 heavy (non-hydrogen) atoms. The van der Waals surface area contributed by atoms with Crippen LogP contribution in [0.1, 0.15) is 32.3 Å². The average molecular weight is 313 g/mol. The molecule has 5 heteroatoms. The molecule has 0 unspecified atom stereocenters. The van der Waals surface area contributed by atoms with Crippen molar-refractivity contribution in [3.63, 3.8) is 0 Å². The Bertz CT molecular complexity index is 377. The van der Waals surface area contributed by atoms with Crippen molar-refractivity contribution in [2.45, 2.75) is 51.5 Å². The van der Waals surface area contributed by atoms with Gasteiger partial charge in [-0.05, 0) is 49.1 Å².